The summed E-state index contributed by atoms with van der Waals surface area (Å²) in [5.74, 6) is -0.0532. The number of hydrogen-bond donors (Lipinski definition) is 2. The molecule has 1 aromatic carbocycles. The van der Waals surface area contributed by atoms with Crippen LogP contribution in [0.1, 0.15) is 5.56 Å². The van der Waals surface area contributed by atoms with Crippen molar-refractivity contribution in [3.8, 4) is 28.7 Å². The predicted molar refractivity (Wildman–Crippen MR) is 65.0 cm³/mol. The number of nitriles is 1. The first-order valence-corrected chi connectivity index (χ1v) is 4.58. The standard InChI is InChI=1S/C12H8N2O2.ClH/c13-5-8-3-9(7-14-6-8)11-2-1-10(15)4-12(11)16;/h1-4,6-7,15-16H;1H. The maximum Gasteiger partial charge on any atom is 0.127 e. The van der Waals surface area contributed by atoms with Crippen LogP contribution in [0.5, 0.6) is 11.5 Å². The second-order valence-electron chi connectivity index (χ2n) is 3.28. The van der Waals surface area contributed by atoms with Crippen molar-refractivity contribution in [3.63, 3.8) is 0 Å². The Bertz CT molecular complexity index is 579. The smallest absolute Gasteiger partial charge is 0.127 e. The Morgan fingerprint density at radius 3 is 2.53 bits per heavy atom. The second kappa shape index (κ2) is 5.19. The molecule has 0 unspecified atom stereocenters. The first-order chi connectivity index (χ1) is 7.70. The van der Waals surface area contributed by atoms with Gasteiger partial charge in [-0.1, -0.05) is 0 Å². The third kappa shape index (κ3) is 2.65. The molecule has 1 aromatic heterocycles. The Morgan fingerprint density at radius 2 is 1.88 bits per heavy atom. The van der Waals surface area contributed by atoms with Crippen LogP contribution in [-0.4, -0.2) is 15.2 Å². The summed E-state index contributed by atoms with van der Waals surface area (Å²) >= 11 is 0. The summed E-state index contributed by atoms with van der Waals surface area (Å²) in [6.45, 7) is 0. The van der Waals surface area contributed by atoms with E-state index in [4.69, 9.17) is 10.4 Å². The number of hydrogen-bond acceptors (Lipinski definition) is 4. The fraction of sp³-hybridized carbons (Fsp3) is 0. The molecule has 2 N–H and O–H groups in total. The van der Waals surface area contributed by atoms with Crippen molar-refractivity contribution in [2.24, 2.45) is 0 Å². The van der Waals surface area contributed by atoms with Crippen LogP contribution in [0.25, 0.3) is 11.1 Å². The van der Waals surface area contributed by atoms with Crippen molar-refractivity contribution in [1.82, 2.24) is 4.98 Å². The molecule has 0 amide bonds. The van der Waals surface area contributed by atoms with Gasteiger partial charge in [-0.15, -0.1) is 12.4 Å². The number of aromatic hydroxyl groups is 2. The maximum atomic E-state index is 9.64. The summed E-state index contributed by atoms with van der Waals surface area (Å²) in [5, 5.41) is 27.5. The molecular formula is C12H9ClN2O2. The van der Waals surface area contributed by atoms with Crippen molar-refractivity contribution in [1.29, 1.82) is 5.26 Å². The van der Waals surface area contributed by atoms with Crippen LogP contribution in [0, 0.1) is 11.3 Å². The highest BCUT2D eigenvalue weighted by Crippen LogP contribution is 2.31. The van der Waals surface area contributed by atoms with Gasteiger partial charge in [-0.3, -0.25) is 4.98 Å². The van der Waals surface area contributed by atoms with Crippen LogP contribution in [0.15, 0.2) is 36.7 Å². The number of nitrogens with zero attached hydrogens (tertiary/aromatic N) is 2. The normalized spacial score (nSPS) is 9.12. The summed E-state index contributed by atoms with van der Waals surface area (Å²) in [4.78, 5) is 3.90. The van der Waals surface area contributed by atoms with E-state index in [-0.39, 0.29) is 23.9 Å². The highest BCUT2D eigenvalue weighted by molar-refractivity contribution is 5.85. The van der Waals surface area contributed by atoms with Gasteiger partial charge in [-0.25, -0.2) is 0 Å². The summed E-state index contributed by atoms with van der Waals surface area (Å²) in [5.41, 5.74) is 1.59. The lowest BCUT2D eigenvalue weighted by Crippen LogP contribution is -1.83. The van der Waals surface area contributed by atoms with E-state index in [2.05, 4.69) is 4.98 Å². The highest BCUT2D eigenvalue weighted by Gasteiger charge is 2.06. The Balaban J connectivity index is 0.00000144. The zero-order valence-corrected chi connectivity index (χ0v) is 9.48. The van der Waals surface area contributed by atoms with E-state index in [1.165, 1.54) is 18.3 Å². The van der Waals surface area contributed by atoms with Crippen molar-refractivity contribution in [2.45, 2.75) is 0 Å². The highest BCUT2D eigenvalue weighted by atomic mass is 35.5. The lowest BCUT2D eigenvalue weighted by molar-refractivity contribution is 0.452. The summed E-state index contributed by atoms with van der Waals surface area (Å²) in [6, 6.07) is 7.88. The summed E-state index contributed by atoms with van der Waals surface area (Å²) in [6.07, 6.45) is 2.99. The van der Waals surface area contributed by atoms with Crippen molar-refractivity contribution in [3.05, 3.63) is 42.2 Å². The van der Waals surface area contributed by atoms with Crippen molar-refractivity contribution < 1.29 is 10.2 Å². The SMILES string of the molecule is Cl.N#Cc1cncc(-c2ccc(O)cc2O)c1. The molecule has 0 saturated heterocycles. The first-order valence-electron chi connectivity index (χ1n) is 4.58. The molecule has 1 heterocycles. The number of phenolic OH excluding ortho intramolecular Hbond substituents is 2. The predicted octanol–water partition coefficient (Wildman–Crippen LogP) is 2.45. The van der Waals surface area contributed by atoms with Gasteiger partial charge in [0.25, 0.3) is 0 Å². The monoisotopic (exact) mass is 248 g/mol. The van der Waals surface area contributed by atoms with Crippen LogP contribution >= 0.6 is 12.4 Å². The van der Waals surface area contributed by atoms with E-state index in [1.54, 1.807) is 18.3 Å². The molecule has 0 saturated carbocycles. The van der Waals surface area contributed by atoms with E-state index >= 15 is 0 Å². The Labute approximate surface area is 104 Å². The topological polar surface area (TPSA) is 77.1 Å². The Hall–Kier alpha value is -2.25. The molecule has 0 spiro atoms. The lowest BCUT2D eigenvalue weighted by Gasteiger charge is -2.04. The molecule has 0 fully saturated rings. The fourth-order valence-corrected chi connectivity index (χ4v) is 1.41. The molecule has 86 valence electrons. The van der Waals surface area contributed by atoms with E-state index in [0.717, 1.165) is 0 Å². The van der Waals surface area contributed by atoms with Gasteiger partial charge in [0.15, 0.2) is 0 Å². The molecule has 0 bridgehead atoms. The molecule has 2 aromatic rings. The number of pyridine rings is 1. The molecule has 0 atom stereocenters. The molecule has 2 rings (SSSR count). The van der Waals surface area contributed by atoms with Gasteiger partial charge in [0.05, 0.1) is 5.56 Å². The van der Waals surface area contributed by atoms with E-state index in [9.17, 15) is 5.11 Å². The molecule has 4 nitrogen and oxygen atoms in total. The molecule has 5 heteroatoms. The third-order valence-corrected chi connectivity index (χ3v) is 2.16. The number of benzene rings is 1. The molecule has 0 aliphatic heterocycles. The van der Waals surface area contributed by atoms with Crippen LogP contribution in [0.2, 0.25) is 0 Å². The summed E-state index contributed by atoms with van der Waals surface area (Å²) < 4.78 is 0. The minimum atomic E-state index is -0.0445. The van der Waals surface area contributed by atoms with Crippen LogP contribution in [0.3, 0.4) is 0 Å². The number of aromatic nitrogens is 1. The van der Waals surface area contributed by atoms with Gasteiger partial charge in [-0.05, 0) is 18.2 Å². The lowest BCUT2D eigenvalue weighted by atomic mass is 10.1. The van der Waals surface area contributed by atoms with Crippen LogP contribution in [0.4, 0.5) is 0 Å². The largest absolute Gasteiger partial charge is 0.508 e. The number of rotatable bonds is 1. The molecule has 0 aliphatic carbocycles. The average Bonchev–Trinajstić information content (AvgIpc) is 2.29. The van der Waals surface area contributed by atoms with Gasteiger partial charge in [-0.2, -0.15) is 5.26 Å². The zero-order chi connectivity index (χ0) is 11.5. The van der Waals surface area contributed by atoms with E-state index in [1.807, 2.05) is 6.07 Å². The summed E-state index contributed by atoms with van der Waals surface area (Å²) in [7, 11) is 0. The van der Waals surface area contributed by atoms with Gasteiger partial charge < -0.3 is 10.2 Å². The van der Waals surface area contributed by atoms with Gasteiger partial charge in [0, 0.05) is 29.6 Å². The minimum Gasteiger partial charge on any atom is -0.508 e. The molecule has 0 aliphatic rings. The van der Waals surface area contributed by atoms with Crippen molar-refractivity contribution in [2.75, 3.05) is 0 Å². The van der Waals surface area contributed by atoms with Gasteiger partial charge >= 0.3 is 0 Å². The molecule has 17 heavy (non-hydrogen) atoms. The quantitative estimate of drug-likeness (QED) is 0.813. The van der Waals surface area contributed by atoms with Crippen LogP contribution in [-0.2, 0) is 0 Å². The number of phenols is 2. The van der Waals surface area contributed by atoms with Crippen molar-refractivity contribution >= 4 is 12.4 Å². The third-order valence-electron chi connectivity index (χ3n) is 2.16. The van der Waals surface area contributed by atoms with Gasteiger partial charge in [0.2, 0.25) is 0 Å². The molecular weight excluding hydrogens is 240 g/mol. The van der Waals surface area contributed by atoms with E-state index < -0.39 is 0 Å². The van der Waals surface area contributed by atoms with E-state index in [0.29, 0.717) is 16.7 Å². The second-order valence-corrected chi connectivity index (χ2v) is 3.28. The Morgan fingerprint density at radius 1 is 1.12 bits per heavy atom. The number of halogens is 1. The van der Waals surface area contributed by atoms with Gasteiger partial charge in [0.1, 0.15) is 17.6 Å². The Kier molecular flexibility index (Phi) is 3.91. The minimum absolute atomic E-state index is 0. The van der Waals surface area contributed by atoms with Crippen LogP contribution < -0.4 is 0 Å². The zero-order valence-electron chi connectivity index (χ0n) is 8.66. The average molecular weight is 249 g/mol. The first kappa shape index (κ1) is 12.8. The molecule has 0 radical (unpaired) electrons. The maximum absolute atomic E-state index is 9.64. The fourth-order valence-electron chi connectivity index (χ4n) is 1.41.